The summed E-state index contributed by atoms with van der Waals surface area (Å²) in [5.74, 6) is 1.96. The Morgan fingerprint density at radius 3 is 2.85 bits per heavy atom. The first-order valence-electron chi connectivity index (χ1n) is 7.25. The van der Waals surface area contributed by atoms with Crippen molar-refractivity contribution < 1.29 is 14.3 Å². The second kappa shape index (κ2) is 6.64. The van der Waals surface area contributed by atoms with Gasteiger partial charge < -0.3 is 14.4 Å². The van der Waals surface area contributed by atoms with Gasteiger partial charge in [0.25, 0.3) is 5.91 Å². The highest BCUT2D eigenvalue weighted by Crippen LogP contribution is 2.29. The highest BCUT2D eigenvalue weighted by molar-refractivity contribution is 5.95. The van der Waals surface area contributed by atoms with Gasteiger partial charge in [-0.2, -0.15) is 0 Å². The molecule has 0 aromatic heterocycles. The van der Waals surface area contributed by atoms with Crippen molar-refractivity contribution in [2.24, 2.45) is 5.92 Å². The van der Waals surface area contributed by atoms with Gasteiger partial charge in [0.1, 0.15) is 0 Å². The summed E-state index contributed by atoms with van der Waals surface area (Å²) >= 11 is 0. The van der Waals surface area contributed by atoms with Gasteiger partial charge >= 0.3 is 0 Å². The Balaban J connectivity index is 2.17. The molecule has 0 spiro atoms. The predicted molar refractivity (Wildman–Crippen MR) is 78.5 cm³/mol. The van der Waals surface area contributed by atoms with Crippen molar-refractivity contribution in [2.45, 2.75) is 26.7 Å². The van der Waals surface area contributed by atoms with E-state index in [9.17, 15) is 4.79 Å². The minimum absolute atomic E-state index is 0.0814. The van der Waals surface area contributed by atoms with Crippen LogP contribution in [0.3, 0.4) is 0 Å². The first-order chi connectivity index (χ1) is 9.65. The van der Waals surface area contributed by atoms with Gasteiger partial charge in [0.15, 0.2) is 11.5 Å². The number of amides is 1. The maximum atomic E-state index is 12.5. The number of rotatable bonds is 4. The molecule has 20 heavy (non-hydrogen) atoms. The van der Waals surface area contributed by atoms with Gasteiger partial charge in [0.05, 0.1) is 13.7 Å². The second-order valence-corrected chi connectivity index (χ2v) is 5.30. The summed E-state index contributed by atoms with van der Waals surface area (Å²) in [7, 11) is 1.59. The van der Waals surface area contributed by atoms with Gasteiger partial charge in [-0.3, -0.25) is 4.79 Å². The van der Waals surface area contributed by atoms with Crippen LogP contribution in [0, 0.1) is 5.92 Å². The number of hydrogen-bond donors (Lipinski definition) is 0. The van der Waals surface area contributed by atoms with Crippen LogP contribution < -0.4 is 9.47 Å². The number of ether oxygens (including phenoxy) is 2. The fourth-order valence-corrected chi connectivity index (χ4v) is 2.63. The Labute approximate surface area is 120 Å². The average Bonchev–Trinajstić information content (AvgIpc) is 2.47. The Hall–Kier alpha value is -1.71. The fourth-order valence-electron chi connectivity index (χ4n) is 2.63. The number of hydrogen-bond acceptors (Lipinski definition) is 3. The molecular weight excluding hydrogens is 254 g/mol. The lowest BCUT2D eigenvalue weighted by molar-refractivity contribution is 0.0682. The largest absolute Gasteiger partial charge is 0.493 e. The lowest BCUT2D eigenvalue weighted by Gasteiger charge is -2.31. The first kappa shape index (κ1) is 14.7. The highest BCUT2D eigenvalue weighted by Gasteiger charge is 2.22. The Bertz CT molecular complexity index is 473. The molecule has 4 heteroatoms. The van der Waals surface area contributed by atoms with E-state index < -0.39 is 0 Å². The van der Waals surface area contributed by atoms with E-state index in [-0.39, 0.29) is 5.91 Å². The van der Waals surface area contributed by atoms with E-state index in [2.05, 4.69) is 6.92 Å². The van der Waals surface area contributed by atoms with Crippen molar-refractivity contribution in [1.29, 1.82) is 0 Å². The minimum atomic E-state index is 0.0814. The van der Waals surface area contributed by atoms with Crippen LogP contribution >= 0.6 is 0 Å². The lowest BCUT2D eigenvalue weighted by atomic mass is 9.99. The SMILES string of the molecule is CCOc1ccc(C(=O)N2CCCC(C)C2)cc1OC. The van der Waals surface area contributed by atoms with E-state index in [0.717, 1.165) is 19.5 Å². The number of carbonyl (C=O) groups excluding carboxylic acids is 1. The van der Waals surface area contributed by atoms with Gasteiger partial charge in [0, 0.05) is 18.7 Å². The number of piperidine rings is 1. The van der Waals surface area contributed by atoms with E-state index >= 15 is 0 Å². The summed E-state index contributed by atoms with van der Waals surface area (Å²) in [6.45, 7) is 6.38. The number of nitrogens with zero attached hydrogens (tertiary/aromatic N) is 1. The minimum Gasteiger partial charge on any atom is -0.493 e. The van der Waals surface area contributed by atoms with E-state index in [1.807, 2.05) is 24.0 Å². The van der Waals surface area contributed by atoms with Crippen LogP contribution in [0.1, 0.15) is 37.0 Å². The maximum absolute atomic E-state index is 12.5. The van der Waals surface area contributed by atoms with Crippen LogP contribution in [0.25, 0.3) is 0 Å². The molecule has 2 rings (SSSR count). The summed E-state index contributed by atoms with van der Waals surface area (Å²) in [4.78, 5) is 14.4. The molecular formula is C16H23NO3. The third-order valence-electron chi connectivity index (χ3n) is 3.65. The van der Waals surface area contributed by atoms with E-state index in [4.69, 9.17) is 9.47 Å². The summed E-state index contributed by atoms with van der Waals surface area (Å²) < 4.78 is 10.8. The summed E-state index contributed by atoms with van der Waals surface area (Å²) in [5, 5.41) is 0. The number of benzene rings is 1. The Morgan fingerprint density at radius 2 is 2.20 bits per heavy atom. The van der Waals surface area contributed by atoms with Crippen molar-refractivity contribution in [2.75, 3.05) is 26.8 Å². The molecule has 110 valence electrons. The molecule has 1 aliphatic rings. The molecule has 1 aromatic carbocycles. The zero-order chi connectivity index (χ0) is 14.5. The standard InChI is InChI=1S/C16H23NO3/c1-4-20-14-8-7-13(10-15(14)19-3)16(18)17-9-5-6-12(2)11-17/h7-8,10,12H,4-6,9,11H2,1-3H3. The monoisotopic (exact) mass is 277 g/mol. The normalized spacial score (nSPS) is 18.8. The molecule has 0 radical (unpaired) electrons. The maximum Gasteiger partial charge on any atom is 0.254 e. The molecule has 1 unspecified atom stereocenters. The molecule has 4 nitrogen and oxygen atoms in total. The molecule has 0 bridgehead atoms. The molecule has 0 N–H and O–H groups in total. The Kier molecular flexibility index (Phi) is 4.88. The fraction of sp³-hybridized carbons (Fsp3) is 0.562. The lowest BCUT2D eigenvalue weighted by Crippen LogP contribution is -2.39. The third kappa shape index (κ3) is 3.24. The van der Waals surface area contributed by atoms with Crippen molar-refractivity contribution in [3.05, 3.63) is 23.8 Å². The zero-order valence-corrected chi connectivity index (χ0v) is 12.5. The molecule has 1 saturated heterocycles. The van der Waals surface area contributed by atoms with Crippen molar-refractivity contribution in [1.82, 2.24) is 4.90 Å². The van der Waals surface area contributed by atoms with Crippen molar-refractivity contribution in [3.63, 3.8) is 0 Å². The number of carbonyl (C=O) groups is 1. The van der Waals surface area contributed by atoms with Crippen LogP contribution in [-0.4, -0.2) is 37.6 Å². The summed E-state index contributed by atoms with van der Waals surface area (Å²) in [5.41, 5.74) is 0.666. The molecule has 1 amide bonds. The molecule has 1 heterocycles. The average molecular weight is 277 g/mol. The van der Waals surface area contributed by atoms with E-state index in [1.165, 1.54) is 6.42 Å². The second-order valence-electron chi connectivity index (χ2n) is 5.30. The Morgan fingerprint density at radius 1 is 1.40 bits per heavy atom. The molecule has 1 fully saturated rings. The number of likely N-dealkylation sites (tertiary alicyclic amines) is 1. The van der Waals surface area contributed by atoms with Crippen molar-refractivity contribution in [3.8, 4) is 11.5 Å². The van der Waals surface area contributed by atoms with E-state index in [1.54, 1.807) is 13.2 Å². The third-order valence-corrected chi connectivity index (χ3v) is 3.65. The van der Waals surface area contributed by atoms with Crippen LogP contribution in [0.5, 0.6) is 11.5 Å². The van der Waals surface area contributed by atoms with Gasteiger partial charge in [-0.1, -0.05) is 6.92 Å². The van der Waals surface area contributed by atoms with Gasteiger partial charge in [-0.05, 0) is 43.9 Å². The number of methoxy groups -OCH3 is 1. The quantitative estimate of drug-likeness (QED) is 0.849. The topological polar surface area (TPSA) is 38.8 Å². The molecule has 0 saturated carbocycles. The highest BCUT2D eigenvalue weighted by atomic mass is 16.5. The molecule has 1 atom stereocenters. The van der Waals surface area contributed by atoms with Crippen LogP contribution in [0.15, 0.2) is 18.2 Å². The van der Waals surface area contributed by atoms with Crippen LogP contribution in [0.4, 0.5) is 0 Å². The first-order valence-corrected chi connectivity index (χ1v) is 7.25. The zero-order valence-electron chi connectivity index (χ0n) is 12.5. The molecule has 1 aliphatic heterocycles. The molecule has 0 aliphatic carbocycles. The molecule has 1 aromatic rings. The van der Waals surface area contributed by atoms with Gasteiger partial charge in [0.2, 0.25) is 0 Å². The van der Waals surface area contributed by atoms with Crippen LogP contribution in [-0.2, 0) is 0 Å². The van der Waals surface area contributed by atoms with Gasteiger partial charge in [-0.25, -0.2) is 0 Å². The van der Waals surface area contributed by atoms with Crippen molar-refractivity contribution >= 4 is 5.91 Å². The summed E-state index contributed by atoms with van der Waals surface area (Å²) in [6.07, 6.45) is 2.29. The van der Waals surface area contributed by atoms with Gasteiger partial charge in [-0.15, -0.1) is 0 Å². The van der Waals surface area contributed by atoms with E-state index in [0.29, 0.717) is 29.6 Å². The smallest absolute Gasteiger partial charge is 0.254 e. The van der Waals surface area contributed by atoms with Crippen LogP contribution in [0.2, 0.25) is 0 Å². The summed E-state index contributed by atoms with van der Waals surface area (Å²) in [6, 6.07) is 5.39. The predicted octanol–water partition coefficient (Wildman–Crippen LogP) is 2.97.